The number of likely N-dealkylation sites (tertiary alicyclic amines) is 1. The Kier molecular flexibility index (Phi) is 21.9. The van der Waals surface area contributed by atoms with E-state index in [1.165, 1.54) is 49.4 Å². The summed E-state index contributed by atoms with van der Waals surface area (Å²) in [5, 5.41) is 21.2. The number of rotatable bonds is 21. The lowest BCUT2D eigenvalue weighted by molar-refractivity contribution is -0.145. The van der Waals surface area contributed by atoms with Gasteiger partial charge in [-0.1, -0.05) is 164 Å². The fraction of sp³-hybridized carbons (Fsp3) is 0.620. The van der Waals surface area contributed by atoms with Gasteiger partial charge in [0.2, 0.25) is 11.8 Å². The lowest BCUT2D eigenvalue weighted by atomic mass is 9.69. The van der Waals surface area contributed by atoms with Crippen LogP contribution in [0.3, 0.4) is 0 Å². The van der Waals surface area contributed by atoms with Crippen LogP contribution in [0.5, 0.6) is 11.5 Å². The van der Waals surface area contributed by atoms with E-state index in [-0.39, 0.29) is 75.8 Å². The Morgan fingerprint density at radius 3 is 1.21 bits per heavy atom. The number of carbonyl (C=O) groups is 3. The molecule has 6 rings (SSSR count). The van der Waals surface area contributed by atoms with Crippen LogP contribution in [0.1, 0.15) is 218 Å². The van der Waals surface area contributed by atoms with Gasteiger partial charge in [-0.15, -0.1) is 0 Å². The van der Waals surface area contributed by atoms with Crippen molar-refractivity contribution in [3.05, 3.63) is 128 Å². The van der Waals surface area contributed by atoms with E-state index < -0.39 is 19.9 Å². The molecule has 3 amide bonds. The maximum absolute atomic E-state index is 12.6. The molecule has 0 spiro atoms. The molecule has 82 heavy (non-hydrogen) atoms. The minimum atomic E-state index is -1.92. The minimum Gasteiger partial charge on any atom is -0.491 e. The fourth-order valence-electron chi connectivity index (χ4n) is 12.0. The quantitative estimate of drug-likeness (QED) is 0.0624. The van der Waals surface area contributed by atoms with Crippen LogP contribution in [-0.2, 0) is 38.0 Å². The molecule has 2 saturated heterocycles. The molecule has 0 bridgehead atoms. The maximum atomic E-state index is 12.6. The van der Waals surface area contributed by atoms with E-state index in [4.69, 9.17) is 14.2 Å². The molecule has 2 aliphatic heterocycles. The van der Waals surface area contributed by atoms with Crippen molar-refractivity contribution in [2.75, 3.05) is 13.2 Å². The molecule has 4 aromatic rings. The van der Waals surface area contributed by atoms with Crippen molar-refractivity contribution in [1.82, 2.24) is 9.47 Å². The molecule has 11 heteroatoms. The zero-order chi connectivity index (χ0) is 61.7. The van der Waals surface area contributed by atoms with Gasteiger partial charge in [-0.05, 0) is 183 Å². The van der Waals surface area contributed by atoms with Crippen molar-refractivity contribution in [2.24, 2.45) is 10.8 Å². The van der Waals surface area contributed by atoms with Crippen LogP contribution in [-0.4, -0.2) is 88.9 Å². The highest BCUT2D eigenvalue weighted by molar-refractivity contribution is 6.80. The van der Waals surface area contributed by atoms with E-state index in [1.54, 1.807) is 20.8 Å². The number of ether oxygens (including phenoxy) is 3. The second-order valence-corrected chi connectivity index (χ2v) is 33.9. The standard InChI is InChI=1S/C36H57NO3Si.C35H51NO5/c1-13-36(14-2,28-17-15-27(25(3)21-28)16-20-32(38)34(5,6)7)29-18-19-31(26(4)22-29)40-24-30-23-33(39)37(30)41(11,12)35(8,9)10;1-11-35(12-2,26-15-13-25(23(3)19-26)14-18-30(37)33(5,6)7)27-16-17-29(24(4)20-27)40-22-28-21-31(38)36(28)32(39)41-34(8,9)10/h15,17-19,21-22,30,32,38H,13-14,16,20,23-24H2,1-12H3;13,15-17,19-20,28,30,37H,11-12,14,18,21-22H2,1-10H3/t30-,32?;28-,30?/m00/s1. The number of nitrogens with zero attached hydrogens (tertiary/aromatic N) is 2. The van der Waals surface area contributed by atoms with Crippen molar-refractivity contribution in [2.45, 2.75) is 262 Å². The third-order valence-electron chi connectivity index (χ3n) is 19.0. The number of hydrogen-bond acceptors (Lipinski definition) is 8. The third-order valence-corrected chi connectivity index (χ3v) is 24.5. The molecule has 2 fully saturated rings. The van der Waals surface area contributed by atoms with Crippen LogP contribution in [0.15, 0.2) is 72.8 Å². The second kappa shape index (κ2) is 26.5. The minimum absolute atomic E-state index is 0.0724. The predicted molar refractivity (Wildman–Crippen MR) is 340 cm³/mol. The number of amides is 3. The fourth-order valence-corrected chi connectivity index (χ4v) is 14.5. The molecule has 2 unspecified atom stereocenters. The van der Waals surface area contributed by atoms with E-state index >= 15 is 0 Å². The van der Waals surface area contributed by atoms with Gasteiger partial charge in [0.25, 0.3) is 0 Å². The summed E-state index contributed by atoms with van der Waals surface area (Å²) in [5.41, 5.74) is 11.5. The topological polar surface area (TPSA) is 126 Å². The molecule has 4 aromatic carbocycles. The lowest BCUT2D eigenvalue weighted by Crippen LogP contribution is -2.69. The number of aliphatic hydroxyl groups excluding tert-OH is 2. The predicted octanol–water partition coefficient (Wildman–Crippen LogP) is 16.4. The molecule has 10 nitrogen and oxygen atoms in total. The van der Waals surface area contributed by atoms with E-state index in [0.717, 1.165) is 74.0 Å². The first-order valence-electron chi connectivity index (χ1n) is 30.8. The molecular formula is C71H108N2O8Si. The van der Waals surface area contributed by atoms with Crippen molar-refractivity contribution in [3.8, 4) is 11.5 Å². The zero-order valence-electron chi connectivity index (χ0n) is 55.0. The van der Waals surface area contributed by atoms with Crippen molar-refractivity contribution >= 4 is 26.1 Å². The summed E-state index contributed by atoms with van der Waals surface area (Å²) < 4.78 is 20.1. The van der Waals surface area contributed by atoms with Crippen LogP contribution in [0, 0.1) is 38.5 Å². The Balaban J connectivity index is 0.000000301. The molecule has 2 N–H and O–H groups in total. The Morgan fingerprint density at radius 1 is 0.549 bits per heavy atom. The third kappa shape index (κ3) is 15.5. The number of aliphatic hydroxyl groups is 2. The van der Waals surface area contributed by atoms with E-state index in [2.05, 4.69) is 195 Å². The summed E-state index contributed by atoms with van der Waals surface area (Å²) in [6.07, 6.45) is 6.82. The van der Waals surface area contributed by atoms with Gasteiger partial charge >= 0.3 is 6.09 Å². The normalized spacial score (nSPS) is 17.1. The van der Waals surface area contributed by atoms with Gasteiger partial charge in [-0.3, -0.25) is 9.59 Å². The Labute approximate surface area is 497 Å². The van der Waals surface area contributed by atoms with Gasteiger partial charge in [0, 0.05) is 17.3 Å². The first-order valence-corrected chi connectivity index (χ1v) is 33.8. The monoisotopic (exact) mass is 1140 g/mol. The summed E-state index contributed by atoms with van der Waals surface area (Å²) in [4.78, 5) is 38.4. The van der Waals surface area contributed by atoms with Crippen molar-refractivity contribution < 1.29 is 38.8 Å². The van der Waals surface area contributed by atoms with Crippen molar-refractivity contribution in [1.29, 1.82) is 0 Å². The zero-order valence-corrected chi connectivity index (χ0v) is 56.0. The van der Waals surface area contributed by atoms with Gasteiger partial charge in [0.05, 0.1) is 30.7 Å². The molecule has 4 atom stereocenters. The van der Waals surface area contributed by atoms with E-state index in [0.29, 0.717) is 13.0 Å². The van der Waals surface area contributed by atoms with Gasteiger partial charge < -0.3 is 29.0 Å². The van der Waals surface area contributed by atoms with Gasteiger partial charge in [0.15, 0.2) is 8.24 Å². The van der Waals surface area contributed by atoms with E-state index in [1.807, 2.05) is 13.0 Å². The van der Waals surface area contributed by atoms with Gasteiger partial charge in [-0.2, -0.15) is 0 Å². The molecule has 2 aliphatic rings. The number of carbonyl (C=O) groups excluding carboxylic acids is 3. The van der Waals surface area contributed by atoms with Crippen LogP contribution in [0.4, 0.5) is 4.79 Å². The summed E-state index contributed by atoms with van der Waals surface area (Å²) in [5.74, 6) is 1.71. The second-order valence-electron chi connectivity index (χ2n) is 28.8. The van der Waals surface area contributed by atoms with Crippen LogP contribution >= 0.6 is 0 Å². The highest BCUT2D eigenvalue weighted by atomic mass is 28.3. The summed E-state index contributed by atoms with van der Waals surface area (Å²) in [6.45, 7) is 47.7. The highest BCUT2D eigenvalue weighted by Gasteiger charge is 2.52. The number of benzene rings is 4. The lowest BCUT2D eigenvalue weighted by Gasteiger charge is -2.54. The highest BCUT2D eigenvalue weighted by Crippen LogP contribution is 2.45. The summed E-state index contributed by atoms with van der Waals surface area (Å²) in [7, 11) is -1.92. The van der Waals surface area contributed by atoms with Crippen LogP contribution < -0.4 is 9.47 Å². The summed E-state index contributed by atoms with van der Waals surface area (Å²) in [6, 6.07) is 26.7. The number of β-lactam (4-membered cyclic amide) rings is 2. The smallest absolute Gasteiger partial charge is 0.417 e. The maximum Gasteiger partial charge on any atom is 0.417 e. The average molecular weight is 1150 g/mol. The molecular weight excluding hydrogens is 1040 g/mol. The first-order chi connectivity index (χ1) is 37.9. The SMILES string of the molecule is CCC(CC)(c1ccc(CCC(O)C(C)(C)C)c(C)c1)c1ccc(OC[C@@H]2CC(=O)N2C(=O)OC(C)(C)C)c(C)c1.CCC(CC)(c1ccc(CCC(O)C(C)(C)C)c(C)c1)c1ccc(OC[C@@H]2CC(=O)N2[Si](C)(C)C(C)(C)C)c(C)c1. The Bertz CT molecular complexity index is 2830. The largest absolute Gasteiger partial charge is 0.491 e. The summed E-state index contributed by atoms with van der Waals surface area (Å²) >= 11 is 0. The number of imide groups is 1. The first kappa shape index (κ1) is 67.8. The number of hydrogen-bond donors (Lipinski definition) is 2. The molecule has 0 aromatic heterocycles. The number of aryl methyl sites for hydroxylation is 6. The Hall–Kier alpha value is -4.97. The molecule has 0 saturated carbocycles. The van der Waals surface area contributed by atoms with Crippen LogP contribution in [0.2, 0.25) is 18.1 Å². The van der Waals surface area contributed by atoms with Gasteiger partial charge in [0.1, 0.15) is 30.3 Å². The molecule has 0 radical (unpaired) electrons. The average Bonchev–Trinajstić information content (AvgIpc) is 3.58. The Morgan fingerprint density at radius 2 is 0.902 bits per heavy atom. The molecule has 454 valence electrons. The molecule has 0 aliphatic carbocycles. The molecule has 2 heterocycles. The van der Waals surface area contributed by atoms with Crippen LogP contribution in [0.25, 0.3) is 0 Å². The van der Waals surface area contributed by atoms with E-state index in [9.17, 15) is 24.6 Å². The van der Waals surface area contributed by atoms with Gasteiger partial charge in [-0.25, -0.2) is 9.69 Å². The van der Waals surface area contributed by atoms with Crippen molar-refractivity contribution in [3.63, 3.8) is 0 Å².